The van der Waals surface area contributed by atoms with Gasteiger partial charge in [0, 0.05) is 5.54 Å². The van der Waals surface area contributed by atoms with Crippen molar-refractivity contribution < 1.29 is 27.4 Å². The summed E-state index contributed by atoms with van der Waals surface area (Å²) in [4.78, 5) is 12.5. The topological polar surface area (TPSA) is 47.6 Å². The Morgan fingerprint density at radius 1 is 0.967 bits per heavy atom. The van der Waals surface area contributed by atoms with Crippen molar-refractivity contribution in [2.45, 2.75) is 56.5 Å². The van der Waals surface area contributed by atoms with Crippen molar-refractivity contribution in [1.82, 2.24) is 5.32 Å². The molecule has 4 nitrogen and oxygen atoms in total. The van der Waals surface area contributed by atoms with Crippen LogP contribution in [0.2, 0.25) is 0 Å². The molecule has 1 N–H and O–H groups in total. The van der Waals surface area contributed by atoms with Crippen LogP contribution in [0.5, 0.6) is 0 Å². The first-order valence-corrected chi connectivity index (χ1v) is 10.0. The lowest BCUT2D eigenvalue weighted by molar-refractivity contribution is -0.189. The number of carbonyl (C=O) groups is 1. The SMILES string of the molecule is O=C(NC1(Cc2ccccc2)CCC(OCC(F)(F)F)CC1)OCc1ccccc1. The zero-order valence-electron chi connectivity index (χ0n) is 16.7. The third kappa shape index (κ3) is 7.06. The molecule has 2 aromatic rings. The molecule has 0 atom stereocenters. The molecule has 0 saturated heterocycles. The molecule has 7 heteroatoms. The van der Waals surface area contributed by atoms with E-state index in [2.05, 4.69) is 5.32 Å². The summed E-state index contributed by atoms with van der Waals surface area (Å²) in [6.45, 7) is -1.08. The van der Waals surface area contributed by atoms with Crippen LogP contribution in [0, 0.1) is 0 Å². The molecule has 2 aromatic carbocycles. The van der Waals surface area contributed by atoms with Crippen molar-refractivity contribution in [2.24, 2.45) is 0 Å². The van der Waals surface area contributed by atoms with Gasteiger partial charge in [-0.2, -0.15) is 13.2 Å². The van der Waals surface area contributed by atoms with E-state index in [0.717, 1.165) is 11.1 Å². The van der Waals surface area contributed by atoms with Gasteiger partial charge < -0.3 is 14.8 Å². The van der Waals surface area contributed by atoms with Crippen LogP contribution in [-0.4, -0.2) is 30.5 Å². The van der Waals surface area contributed by atoms with Crippen molar-refractivity contribution in [2.75, 3.05) is 6.61 Å². The standard InChI is InChI=1S/C23H26F3NO3/c24-23(25,26)17-30-20-11-13-22(14-12-20,15-18-7-3-1-4-8-18)27-21(28)29-16-19-9-5-2-6-10-19/h1-10,20H,11-17H2,(H,27,28). The van der Waals surface area contributed by atoms with Crippen LogP contribution in [0.3, 0.4) is 0 Å². The Morgan fingerprint density at radius 3 is 2.10 bits per heavy atom. The lowest BCUT2D eigenvalue weighted by Crippen LogP contribution is -2.53. The number of nitrogens with one attached hydrogen (secondary N) is 1. The first-order chi connectivity index (χ1) is 14.3. The number of halogens is 3. The zero-order chi connectivity index (χ0) is 21.5. The third-order valence-corrected chi connectivity index (χ3v) is 5.34. The monoisotopic (exact) mass is 421 g/mol. The van der Waals surface area contributed by atoms with E-state index in [1.54, 1.807) is 0 Å². The van der Waals surface area contributed by atoms with E-state index >= 15 is 0 Å². The molecule has 1 aliphatic carbocycles. The quantitative estimate of drug-likeness (QED) is 0.650. The number of benzene rings is 2. The number of alkyl halides is 3. The summed E-state index contributed by atoms with van der Waals surface area (Å²) in [5, 5.41) is 3.01. The minimum Gasteiger partial charge on any atom is -0.445 e. The number of ether oxygens (including phenoxy) is 2. The Balaban J connectivity index is 1.61. The van der Waals surface area contributed by atoms with Gasteiger partial charge in [-0.05, 0) is 43.2 Å². The lowest BCUT2D eigenvalue weighted by Gasteiger charge is -2.40. The molecule has 1 saturated carbocycles. The van der Waals surface area contributed by atoms with Gasteiger partial charge in [0.25, 0.3) is 0 Å². The van der Waals surface area contributed by atoms with Crippen molar-refractivity contribution in [3.05, 3.63) is 71.8 Å². The van der Waals surface area contributed by atoms with Gasteiger partial charge in [-0.1, -0.05) is 60.7 Å². The van der Waals surface area contributed by atoms with Crippen molar-refractivity contribution in [3.63, 3.8) is 0 Å². The van der Waals surface area contributed by atoms with Gasteiger partial charge >= 0.3 is 12.3 Å². The van der Waals surface area contributed by atoms with Crippen molar-refractivity contribution in [3.8, 4) is 0 Å². The van der Waals surface area contributed by atoms with E-state index < -0.39 is 30.5 Å². The van der Waals surface area contributed by atoms with Crippen LogP contribution in [0.25, 0.3) is 0 Å². The van der Waals surface area contributed by atoms with Gasteiger partial charge in [0.15, 0.2) is 0 Å². The second kappa shape index (κ2) is 9.98. The van der Waals surface area contributed by atoms with Crippen molar-refractivity contribution >= 4 is 6.09 Å². The van der Waals surface area contributed by atoms with Gasteiger partial charge in [-0.25, -0.2) is 4.79 Å². The maximum absolute atomic E-state index is 12.5. The first-order valence-electron chi connectivity index (χ1n) is 10.0. The summed E-state index contributed by atoms with van der Waals surface area (Å²) in [6.07, 6.45) is -2.81. The molecular weight excluding hydrogens is 395 g/mol. The van der Waals surface area contributed by atoms with E-state index in [1.807, 2.05) is 60.7 Å². The second-order valence-corrected chi connectivity index (χ2v) is 7.75. The molecular formula is C23H26F3NO3. The summed E-state index contributed by atoms with van der Waals surface area (Å²) in [6, 6.07) is 19.1. The lowest BCUT2D eigenvalue weighted by atomic mass is 9.76. The van der Waals surface area contributed by atoms with Crippen LogP contribution in [0.1, 0.15) is 36.8 Å². The molecule has 0 bridgehead atoms. The summed E-state index contributed by atoms with van der Waals surface area (Å²) >= 11 is 0. The smallest absolute Gasteiger partial charge is 0.411 e. The normalized spacial score (nSPS) is 21.8. The summed E-state index contributed by atoms with van der Waals surface area (Å²) < 4.78 is 47.8. The highest BCUT2D eigenvalue weighted by atomic mass is 19.4. The molecule has 1 amide bonds. The van der Waals surface area contributed by atoms with Crippen LogP contribution in [0.15, 0.2) is 60.7 Å². The molecule has 0 unspecified atom stereocenters. The van der Waals surface area contributed by atoms with Gasteiger partial charge in [-0.3, -0.25) is 0 Å². The Hall–Kier alpha value is -2.54. The molecule has 0 radical (unpaired) electrons. The van der Waals surface area contributed by atoms with E-state index in [0.29, 0.717) is 32.1 Å². The van der Waals surface area contributed by atoms with E-state index in [9.17, 15) is 18.0 Å². The third-order valence-electron chi connectivity index (χ3n) is 5.34. The average Bonchev–Trinajstić information content (AvgIpc) is 2.73. The Bertz CT molecular complexity index is 788. The minimum atomic E-state index is -4.34. The zero-order valence-corrected chi connectivity index (χ0v) is 16.7. The fourth-order valence-corrected chi connectivity index (χ4v) is 3.83. The Labute approximate surface area is 174 Å². The highest BCUT2D eigenvalue weighted by Gasteiger charge is 2.39. The van der Waals surface area contributed by atoms with E-state index in [1.165, 1.54) is 0 Å². The Kier molecular flexibility index (Phi) is 7.37. The van der Waals surface area contributed by atoms with Crippen LogP contribution >= 0.6 is 0 Å². The summed E-state index contributed by atoms with van der Waals surface area (Å²) in [5.41, 5.74) is 1.36. The molecule has 0 spiro atoms. The maximum atomic E-state index is 12.5. The van der Waals surface area contributed by atoms with Gasteiger partial charge in [0.05, 0.1) is 6.10 Å². The van der Waals surface area contributed by atoms with E-state index in [-0.39, 0.29) is 6.61 Å². The largest absolute Gasteiger partial charge is 0.445 e. The van der Waals surface area contributed by atoms with Crippen LogP contribution in [0.4, 0.5) is 18.0 Å². The van der Waals surface area contributed by atoms with Crippen LogP contribution in [-0.2, 0) is 22.5 Å². The fraction of sp³-hybridized carbons (Fsp3) is 0.435. The first kappa shape index (κ1) is 22.2. The molecule has 1 aliphatic rings. The van der Waals surface area contributed by atoms with Crippen LogP contribution < -0.4 is 5.32 Å². The highest BCUT2D eigenvalue weighted by Crippen LogP contribution is 2.34. The average molecular weight is 421 g/mol. The molecule has 3 rings (SSSR count). The van der Waals surface area contributed by atoms with Crippen molar-refractivity contribution in [1.29, 1.82) is 0 Å². The molecule has 162 valence electrons. The molecule has 1 fully saturated rings. The number of carbonyl (C=O) groups excluding carboxylic acids is 1. The number of hydrogen-bond acceptors (Lipinski definition) is 3. The summed E-state index contributed by atoms with van der Waals surface area (Å²) in [7, 11) is 0. The molecule has 0 aromatic heterocycles. The Morgan fingerprint density at radius 2 is 1.53 bits per heavy atom. The van der Waals surface area contributed by atoms with E-state index in [4.69, 9.17) is 9.47 Å². The molecule has 0 heterocycles. The fourth-order valence-electron chi connectivity index (χ4n) is 3.83. The van der Waals surface area contributed by atoms with Gasteiger partial charge in [-0.15, -0.1) is 0 Å². The molecule has 0 aliphatic heterocycles. The number of rotatable bonds is 7. The highest BCUT2D eigenvalue weighted by molar-refractivity contribution is 5.68. The number of alkyl carbamates (subject to hydrolysis) is 1. The number of amides is 1. The van der Waals surface area contributed by atoms with Gasteiger partial charge in [0.2, 0.25) is 0 Å². The minimum absolute atomic E-state index is 0.158. The summed E-state index contributed by atoms with van der Waals surface area (Å²) in [5.74, 6) is 0. The predicted molar refractivity (Wildman–Crippen MR) is 107 cm³/mol. The number of hydrogen-bond donors (Lipinski definition) is 1. The second-order valence-electron chi connectivity index (χ2n) is 7.75. The predicted octanol–water partition coefficient (Wildman–Crippen LogP) is 5.42. The maximum Gasteiger partial charge on any atom is 0.411 e. The molecule has 30 heavy (non-hydrogen) atoms. The van der Waals surface area contributed by atoms with Gasteiger partial charge in [0.1, 0.15) is 13.2 Å².